The van der Waals surface area contributed by atoms with Crippen molar-refractivity contribution < 1.29 is 9.47 Å². The Kier molecular flexibility index (Phi) is 8.33. The van der Waals surface area contributed by atoms with Crippen LogP contribution in [-0.4, -0.2) is 18.8 Å². The predicted molar refractivity (Wildman–Crippen MR) is 85.6 cm³/mol. The highest BCUT2D eigenvalue weighted by atomic mass is 16.5. The molecule has 4 nitrogen and oxygen atoms in total. The predicted octanol–water partition coefficient (Wildman–Crippen LogP) is 4.26. The third-order valence-corrected chi connectivity index (χ3v) is 3.71. The van der Waals surface area contributed by atoms with Gasteiger partial charge in [-0.1, -0.05) is 39.5 Å². The first-order chi connectivity index (χ1) is 10.7. The Morgan fingerprint density at radius 2 is 1.77 bits per heavy atom. The van der Waals surface area contributed by atoms with Crippen LogP contribution in [0, 0.1) is 28.6 Å². The molecule has 1 rings (SSSR count). The molecule has 0 aromatic carbocycles. The maximum Gasteiger partial charge on any atom is 0.192 e. The van der Waals surface area contributed by atoms with Crippen LogP contribution in [0.1, 0.15) is 52.4 Å². The second-order valence-corrected chi connectivity index (χ2v) is 5.53. The van der Waals surface area contributed by atoms with E-state index in [4.69, 9.17) is 9.47 Å². The fourth-order valence-electron chi connectivity index (χ4n) is 2.29. The van der Waals surface area contributed by atoms with Gasteiger partial charge in [-0.25, -0.2) is 0 Å². The molecule has 0 fully saturated rings. The molecular formula is C18H26N2O2. The Morgan fingerprint density at radius 1 is 1.09 bits per heavy atom. The van der Waals surface area contributed by atoms with Crippen LogP contribution in [0.4, 0.5) is 0 Å². The average Bonchev–Trinajstić information content (AvgIpc) is 2.56. The van der Waals surface area contributed by atoms with Gasteiger partial charge in [0.15, 0.2) is 5.60 Å². The number of rotatable bonds is 10. The fourth-order valence-corrected chi connectivity index (χ4v) is 2.29. The van der Waals surface area contributed by atoms with Crippen LogP contribution in [0.25, 0.3) is 0 Å². The molecule has 4 heteroatoms. The molecule has 0 heterocycles. The van der Waals surface area contributed by atoms with Crippen LogP contribution in [0.15, 0.2) is 24.0 Å². The van der Waals surface area contributed by atoms with E-state index < -0.39 is 11.5 Å². The van der Waals surface area contributed by atoms with Crippen LogP contribution in [-0.2, 0) is 9.47 Å². The van der Waals surface area contributed by atoms with Gasteiger partial charge in [-0.2, -0.15) is 10.5 Å². The molecule has 120 valence electrons. The van der Waals surface area contributed by atoms with Gasteiger partial charge in [0.1, 0.15) is 17.7 Å². The Hall–Kier alpha value is -1.78. The van der Waals surface area contributed by atoms with E-state index in [0.717, 1.165) is 38.5 Å². The fraction of sp³-hybridized carbons (Fsp3) is 0.667. The van der Waals surface area contributed by atoms with Gasteiger partial charge < -0.3 is 9.47 Å². The summed E-state index contributed by atoms with van der Waals surface area (Å²) < 4.78 is 11.4. The minimum Gasteiger partial charge on any atom is -0.494 e. The summed E-state index contributed by atoms with van der Waals surface area (Å²) in [7, 11) is 0. The second-order valence-electron chi connectivity index (χ2n) is 5.53. The van der Waals surface area contributed by atoms with Crippen molar-refractivity contribution in [3.63, 3.8) is 0 Å². The first-order valence-corrected chi connectivity index (χ1v) is 8.21. The van der Waals surface area contributed by atoms with Gasteiger partial charge in [0.25, 0.3) is 0 Å². The Balaban J connectivity index is 2.63. The molecule has 22 heavy (non-hydrogen) atoms. The summed E-state index contributed by atoms with van der Waals surface area (Å²) in [5, 5.41) is 18.9. The molecule has 0 saturated heterocycles. The third-order valence-electron chi connectivity index (χ3n) is 3.71. The lowest BCUT2D eigenvalue weighted by Crippen LogP contribution is -2.38. The van der Waals surface area contributed by atoms with Crippen molar-refractivity contribution >= 4 is 0 Å². The summed E-state index contributed by atoms with van der Waals surface area (Å²) in [6, 6.07) is 4.32. The number of allylic oxidation sites excluding steroid dienone is 1. The zero-order valence-corrected chi connectivity index (χ0v) is 13.7. The van der Waals surface area contributed by atoms with E-state index in [1.165, 1.54) is 0 Å². The number of hydrogen-bond acceptors (Lipinski definition) is 4. The first kappa shape index (κ1) is 18.3. The van der Waals surface area contributed by atoms with Crippen LogP contribution < -0.4 is 0 Å². The SMILES string of the molecule is CCCCCOC1=CC(C#N)C(C#N)(OCCCCC)C=C1. The summed E-state index contributed by atoms with van der Waals surface area (Å²) in [5.41, 5.74) is -1.18. The average molecular weight is 302 g/mol. The molecule has 0 saturated carbocycles. The number of nitriles is 2. The highest BCUT2D eigenvalue weighted by Crippen LogP contribution is 2.31. The Morgan fingerprint density at radius 3 is 2.36 bits per heavy atom. The second kappa shape index (κ2) is 10.0. The molecule has 0 aromatic heterocycles. The van der Waals surface area contributed by atoms with E-state index in [1.807, 2.05) is 0 Å². The van der Waals surface area contributed by atoms with Crippen molar-refractivity contribution in [3.05, 3.63) is 24.0 Å². The maximum atomic E-state index is 9.48. The highest BCUT2D eigenvalue weighted by molar-refractivity contribution is 5.36. The van der Waals surface area contributed by atoms with E-state index in [9.17, 15) is 10.5 Å². The monoisotopic (exact) mass is 302 g/mol. The van der Waals surface area contributed by atoms with E-state index >= 15 is 0 Å². The van der Waals surface area contributed by atoms with Gasteiger partial charge in [0.2, 0.25) is 0 Å². The molecule has 0 aliphatic heterocycles. The quantitative estimate of drug-likeness (QED) is 0.566. The van der Waals surface area contributed by atoms with E-state index in [1.54, 1.807) is 18.2 Å². The molecule has 2 unspecified atom stereocenters. The van der Waals surface area contributed by atoms with Crippen molar-refractivity contribution in [2.45, 2.75) is 58.0 Å². The van der Waals surface area contributed by atoms with E-state index in [2.05, 4.69) is 26.0 Å². The molecule has 0 N–H and O–H groups in total. The molecule has 1 aliphatic rings. The topological polar surface area (TPSA) is 66.0 Å². The number of unbranched alkanes of at least 4 members (excludes halogenated alkanes) is 4. The van der Waals surface area contributed by atoms with Crippen LogP contribution in [0.3, 0.4) is 0 Å². The number of hydrogen-bond donors (Lipinski definition) is 0. The Labute approximate surface area is 134 Å². The van der Waals surface area contributed by atoms with Crippen LogP contribution in [0.5, 0.6) is 0 Å². The third kappa shape index (κ3) is 5.20. The molecule has 0 spiro atoms. The van der Waals surface area contributed by atoms with E-state index in [-0.39, 0.29) is 0 Å². The first-order valence-electron chi connectivity index (χ1n) is 8.21. The Bertz CT molecular complexity index is 470. The van der Waals surface area contributed by atoms with Crippen molar-refractivity contribution in [2.75, 3.05) is 13.2 Å². The standard InChI is InChI=1S/C18H26N2O2/c1-3-5-7-11-21-17-9-10-18(15-20,16(13-17)14-19)22-12-8-6-4-2/h9-10,13,16H,3-8,11-12H2,1-2H3. The van der Waals surface area contributed by atoms with Crippen LogP contribution in [0.2, 0.25) is 0 Å². The summed E-state index contributed by atoms with van der Waals surface area (Å²) in [6.07, 6.45) is 11.4. The summed E-state index contributed by atoms with van der Waals surface area (Å²) >= 11 is 0. The van der Waals surface area contributed by atoms with E-state index in [0.29, 0.717) is 19.0 Å². The molecule has 1 aliphatic carbocycles. The minimum atomic E-state index is -1.18. The highest BCUT2D eigenvalue weighted by Gasteiger charge is 2.39. The summed E-state index contributed by atoms with van der Waals surface area (Å²) in [5.74, 6) is 0.0241. The van der Waals surface area contributed by atoms with Gasteiger partial charge in [0, 0.05) is 6.61 Å². The molecule has 0 aromatic rings. The summed E-state index contributed by atoms with van der Waals surface area (Å²) in [4.78, 5) is 0. The van der Waals surface area contributed by atoms with Gasteiger partial charge in [-0.05, 0) is 31.1 Å². The zero-order chi connectivity index (χ0) is 16.3. The lowest BCUT2D eigenvalue weighted by molar-refractivity contribution is 0.0124. The lowest BCUT2D eigenvalue weighted by atomic mass is 9.85. The van der Waals surface area contributed by atoms with Gasteiger partial charge in [0.05, 0.1) is 12.7 Å². The minimum absolute atomic E-state index is 0.491. The molecule has 0 amide bonds. The van der Waals surface area contributed by atoms with Crippen molar-refractivity contribution in [2.24, 2.45) is 5.92 Å². The van der Waals surface area contributed by atoms with Crippen molar-refractivity contribution in [1.29, 1.82) is 10.5 Å². The lowest BCUT2D eigenvalue weighted by Gasteiger charge is -2.29. The smallest absolute Gasteiger partial charge is 0.192 e. The molecule has 0 radical (unpaired) electrons. The maximum absolute atomic E-state index is 9.48. The van der Waals surface area contributed by atoms with Gasteiger partial charge in [-0.15, -0.1) is 0 Å². The number of ether oxygens (including phenoxy) is 2. The molecule has 2 atom stereocenters. The normalized spacial score (nSPS) is 23.5. The number of nitrogens with zero attached hydrogens (tertiary/aromatic N) is 2. The summed E-state index contributed by atoms with van der Waals surface area (Å²) in [6.45, 7) is 5.38. The zero-order valence-electron chi connectivity index (χ0n) is 13.7. The molecule has 0 bridgehead atoms. The van der Waals surface area contributed by atoms with Crippen molar-refractivity contribution in [1.82, 2.24) is 0 Å². The van der Waals surface area contributed by atoms with Gasteiger partial charge >= 0.3 is 0 Å². The van der Waals surface area contributed by atoms with Crippen molar-refractivity contribution in [3.8, 4) is 12.1 Å². The van der Waals surface area contributed by atoms with Crippen LogP contribution >= 0.6 is 0 Å². The largest absolute Gasteiger partial charge is 0.494 e. The van der Waals surface area contributed by atoms with Gasteiger partial charge in [-0.3, -0.25) is 0 Å². The molecular weight excluding hydrogens is 276 g/mol.